The van der Waals surface area contributed by atoms with Gasteiger partial charge in [-0.1, -0.05) is 290 Å². The van der Waals surface area contributed by atoms with Crippen LogP contribution in [0.15, 0.2) is 109 Å². The lowest BCUT2D eigenvalue weighted by atomic mass is 9.96. The van der Waals surface area contributed by atoms with Gasteiger partial charge >= 0.3 is 0 Å². The van der Waals surface area contributed by atoms with Crippen molar-refractivity contribution in [2.45, 2.75) is 375 Å². The molecule has 0 saturated carbocycles. The minimum atomic E-state index is -1.99. The second kappa shape index (κ2) is 61.6. The van der Waals surface area contributed by atoms with E-state index in [1.54, 1.807) is 6.08 Å². The minimum Gasteiger partial charge on any atom is -0.394 e. The normalized spacial score (nSPS) is 26.9. The summed E-state index contributed by atoms with van der Waals surface area (Å²) < 4.78 is 34.4. The molecule has 3 heterocycles. The zero-order valence-corrected chi connectivity index (χ0v) is 62.1. The van der Waals surface area contributed by atoms with Crippen LogP contribution >= 0.6 is 0 Å². The van der Waals surface area contributed by atoms with Gasteiger partial charge in [0.25, 0.3) is 0 Å². The van der Waals surface area contributed by atoms with Crippen LogP contribution in [0.5, 0.6) is 0 Å². The second-order valence-corrected chi connectivity index (χ2v) is 27.8. The van der Waals surface area contributed by atoms with Gasteiger partial charge in [-0.05, 0) is 83.5 Å². The predicted molar refractivity (Wildman–Crippen MR) is 401 cm³/mol. The summed E-state index contributed by atoms with van der Waals surface area (Å²) in [5.41, 5.74) is 0. The lowest BCUT2D eigenvalue weighted by Crippen LogP contribution is -2.66. The summed E-state index contributed by atoms with van der Waals surface area (Å²) >= 11 is 0. The first-order chi connectivity index (χ1) is 49.3. The van der Waals surface area contributed by atoms with Crippen molar-refractivity contribution in [1.82, 2.24) is 5.32 Å². The van der Waals surface area contributed by atoms with Crippen molar-refractivity contribution in [3.05, 3.63) is 109 Å². The van der Waals surface area contributed by atoms with Crippen LogP contribution in [0.2, 0.25) is 0 Å². The first kappa shape index (κ1) is 91.7. The first-order valence-corrected chi connectivity index (χ1v) is 39.6. The van der Waals surface area contributed by atoms with Crippen LogP contribution in [0.4, 0.5) is 0 Å². The molecule has 0 spiro atoms. The van der Waals surface area contributed by atoms with E-state index in [1.165, 1.54) is 141 Å². The van der Waals surface area contributed by atoms with Crippen LogP contribution in [0.1, 0.15) is 271 Å². The number of allylic oxidation sites excluding steroid dienone is 17. The maximum absolute atomic E-state index is 13.5. The second-order valence-electron chi connectivity index (χ2n) is 27.8. The molecule has 3 saturated heterocycles. The molecule has 17 atom stereocenters. The van der Waals surface area contributed by atoms with Gasteiger partial charge in [0, 0.05) is 6.42 Å². The van der Waals surface area contributed by atoms with Crippen molar-refractivity contribution in [1.29, 1.82) is 0 Å². The number of ether oxygens (including phenoxy) is 6. The van der Waals surface area contributed by atoms with Crippen molar-refractivity contribution >= 4 is 5.91 Å². The molecule has 3 aliphatic heterocycles. The van der Waals surface area contributed by atoms with E-state index in [9.17, 15) is 61.0 Å². The average Bonchev–Trinajstić information content (AvgIpc) is 0.796. The summed E-state index contributed by atoms with van der Waals surface area (Å²) in [6, 6.07) is -0.997. The minimum absolute atomic E-state index is 0.207. The Labute approximate surface area is 608 Å². The zero-order chi connectivity index (χ0) is 73.2. The first-order valence-electron chi connectivity index (χ1n) is 39.6. The lowest BCUT2D eigenvalue weighted by Gasteiger charge is -2.48. The molecular formula is C82H141NO18. The Morgan fingerprint density at radius 3 is 1.07 bits per heavy atom. The molecule has 3 fully saturated rings. The number of amides is 1. The van der Waals surface area contributed by atoms with E-state index in [4.69, 9.17) is 28.4 Å². The van der Waals surface area contributed by atoms with Gasteiger partial charge in [-0.15, -0.1) is 0 Å². The maximum Gasteiger partial charge on any atom is 0.220 e. The Hall–Kier alpha value is -3.55. The van der Waals surface area contributed by atoms with Crippen molar-refractivity contribution in [3.8, 4) is 0 Å². The molecule has 0 bridgehead atoms. The molecule has 19 heteroatoms. The van der Waals surface area contributed by atoms with Crippen LogP contribution in [0, 0.1) is 0 Å². The standard InChI is InChI=1S/C82H141NO18/c1-3-5-7-9-11-13-15-17-19-21-23-25-27-29-31-32-34-36-38-40-42-44-46-48-50-52-54-56-58-60-70(88)83-65(66(87)59-57-55-53-51-49-47-45-43-41-39-37-35-33-30-28-26-24-22-20-18-16-14-12-10-8-6-4-2)64-96-80-76(94)73(91)78(68(62-85)98-80)101-82-77(95)74(92)79(69(63-86)99-82)100-81-75(93)72(90)71(89)67(61-84)97-81/h5,7,11,13,17,19,23,25,29,31,34,36,40,42,46,48,57,59,65-69,71-82,84-87,89-95H,3-4,6,8-10,12,14-16,18,20-22,24,26-28,30,32-33,35,37-39,41,43-45,47,49-56,58,60-64H2,1-2H3,(H,83,88)/b7-5-,13-11-,19-17-,25-23-,31-29-,36-34-,42-40-,48-46-,59-57+. The molecule has 17 unspecified atom stereocenters. The third-order valence-corrected chi connectivity index (χ3v) is 19.1. The Morgan fingerprint density at radius 2 is 0.683 bits per heavy atom. The van der Waals surface area contributed by atoms with Gasteiger partial charge < -0.3 is 89.9 Å². The van der Waals surface area contributed by atoms with E-state index in [0.29, 0.717) is 6.42 Å². The molecule has 0 aliphatic carbocycles. The number of unbranched alkanes of at least 4 members (excludes halogenated alkanes) is 29. The highest BCUT2D eigenvalue weighted by molar-refractivity contribution is 5.76. The fourth-order valence-corrected chi connectivity index (χ4v) is 12.7. The van der Waals surface area contributed by atoms with Crippen LogP contribution in [-0.2, 0) is 33.2 Å². The molecule has 101 heavy (non-hydrogen) atoms. The van der Waals surface area contributed by atoms with Crippen molar-refractivity contribution in [2.24, 2.45) is 0 Å². The number of carbonyl (C=O) groups excluding carboxylic acids is 1. The number of nitrogens with one attached hydrogen (secondary N) is 1. The van der Waals surface area contributed by atoms with Gasteiger partial charge in [-0.25, -0.2) is 0 Å². The molecule has 0 aromatic heterocycles. The van der Waals surface area contributed by atoms with E-state index in [2.05, 4.69) is 116 Å². The molecule has 0 radical (unpaired) electrons. The monoisotopic (exact) mass is 1430 g/mol. The molecule has 3 aliphatic rings. The van der Waals surface area contributed by atoms with Gasteiger partial charge in [-0.3, -0.25) is 4.79 Å². The quantitative estimate of drug-likeness (QED) is 0.0199. The number of carbonyl (C=O) groups is 1. The fraction of sp³-hybridized carbons (Fsp3) is 0.768. The van der Waals surface area contributed by atoms with E-state index in [1.807, 2.05) is 6.08 Å². The van der Waals surface area contributed by atoms with Gasteiger partial charge in [0.05, 0.1) is 38.6 Å². The summed E-state index contributed by atoms with van der Waals surface area (Å²) in [7, 11) is 0. The number of hydrogen-bond donors (Lipinski definition) is 12. The van der Waals surface area contributed by atoms with E-state index in [0.717, 1.165) is 103 Å². The highest BCUT2D eigenvalue weighted by Crippen LogP contribution is 2.33. The van der Waals surface area contributed by atoms with Crippen LogP contribution in [-0.4, -0.2) is 193 Å². The molecule has 0 aromatic rings. The average molecular weight is 1430 g/mol. The number of rotatable bonds is 61. The number of hydrogen-bond acceptors (Lipinski definition) is 18. The highest BCUT2D eigenvalue weighted by atomic mass is 16.8. The molecule has 3 rings (SSSR count). The van der Waals surface area contributed by atoms with Gasteiger partial charge in [-0.2, -0.15) is 0 Å². The SMILES string of the molecule is CC/C=C\C/C=C\C/C=C\C/C=C\C/C=C\C/C=C\C/C=C\C/C=C\CCCCCCC(=O)NC(COC1OC(CO)C(OC2OC(CO)C(OC3OC(CO)C(O)C(O)C3O)C(O)C2O)C(O)C1O)C(O)/C=C/CCCCCCCCCCCCCCCCCCCCCCCCCCC. The van der Waals surface area contributed by atoms with Crippen molar-refractivity contribution in [3.63, 3.8) is 0 Å². The van der Waals surface area contributed by atoms with Gasteiger partial charge in [0.15, 0.2) is 18.9 Å². The maximum atomic E-state index is 13.5. The van der Waals surface area contributed by atoms with E-state index >= 15 is 0 Å². The summed E-state index contributed by atoms with van der Waals surface area (Å²) in [6.07, 6.45) is 57.7. The molecule has 0 aromatic carbocycles. The van der Waals surface area contributed by atoms with E-state index in [-0.39, 0.29) is 18.9 Å². The van der Waals surface area contributed by atoms with Crippen LogP contribution in [0.3, 0.4) is 0 Å². The topological polar surface area (TPSA) is 307 Å². The zero-order valence-electron chi connectivity index (χ0n) is 62.1. The Bertz CT molecular complexity index is 2250. The smallest absolute Gasteiger partial charge is 0.220 e. The largest absolute Gasteiger partial charge is 0.394 e. The number of aliphatic hydroxyl groups excluding tert-OH is 11. The Balaban J connectivity index is 1.41. The summed E-state index contributed by atoms with van der Waals surface area (Å²) in [5, 5.41) is 121. The molecule has 1 amide bonds. The van der Waals surface area contributed by atoms with Crippen molar-refractivity contribution in [2.75, 3.05) is 26.4 Å². The van der Waals surface area contributed by atoms with Crippen molar-refractivity contribution < 1.29 is 89.4 Å². The van der Waals surface area contributed by atoms with Gasteiger partial charge in [0.2, 0.25) is 5.91 Å². The molecular weight excluding hydrogens is 1290 g/mol. The summed E-state index contributed by atoms with van der Waals surface area (Å²) in [5.74, 6) is -0.302. The number of aliphatic hydroxyl groups is 11. The molecule has 12 N–H and O–H groups in total. The molecule has 19 nitrogen and oxygen atoms in total. The summed E-state index contributed by atoms with van der Waals surface area (Å²) in [6.45, 7) is 1.62. The van der Waals surface area contributed by atoms with E-state index < -0.39 is 124 Å². The molecule has 582 valence electrons. The third kappa shape index (κ3) is 41.8. The Morgan fingerprint density at radius 1 is 0.366 bits per heavy atom. The van der Waals surface area contributed by atoms with Crippen LogP contribution in [0.25, 0.3) is 0 Å². The summed E-state index contributed by atoms with van der Waals surface area (Å²) in [4.78, 5) is 13.5. The van der Waals surface area contributed by atoms with Gasteiger partial charge in [0.1, 0.15) is 73.2 Å². The fourth-order valence-electron chi connectivity index (χ4n) is 12.7. The Kier molecular flexibility index (Phi) is 55.9. The predicted octanol–water partition coefficient (Wildman–Crippen LogP) is 12.9. The lowest BCUT2D eigenvalue weighted by molar-refractivity contribution is -0.379. The highest BCUT2D eigenvalue weighted by Gasteiger charge is 2.53. The third-order valence-electron chi connectivity index (χ3n) is 19.1. The van der Waals surface area contributed by atoms with Crippen LogP contribution < -0.4 is 5.32 Å².